The fraction of sp³-hybridized carbons (Fsp3) is 0.0980. The zero-order valence-corrected chi connectivity index (χ0v) is 30.3. The van der Waals surface area contributed by atoms with Crippen molar-refractivity contribution >= 4 is 0 Å². The van der Waals surface area contributed by atoms with E-state index in [9.17, 15) is 0 Å². The summed E-state index contributed by atoms with van der Waals surface area (Å²) in [5.74, 6) is 0. The van der Waals surface area contributed by atoms with Crippen LogP contribution in [0.5, 0.6) is 0 Å². The standard InChI is InChI=1S/C51H40N2/c1-50(2,3)41-25-27-53-49(34-41)40-29-38(36-18-8-5-9-19-36)31-43(33-40)51(46-22-12-10-20-44(46)45-21-11-13-23-47(45)51)42-30-37(35-16-6-4-7-17-35)28-39(32-42)48-24-14-15-26-52-48/h4-34H,1-3H3. The van der Waals surface area contributed by atoms with Crippen molar-refractivity contribution in [1.29, 1.82) is 0 Å². The molecule has 0 bridgehead atoms. The molecule has 8 aromatic rings. The van der Waals surface area contributed by atoms with Crippen LogP contribution in [0.4, 0.5) is 0 Å². The molecule has 2 heteroatoms. The summed E-state index contributed by atoms with van der Waals surface area (Å²) in [6.07, 6.45) is 3.84. The van der Waals surface area contributed by atoms with E-state index in [4.69, 9.17) is 9.97 Å². The molecule has 2 heterocycles. The lowest BCUT2D eigenvalue weighted by molar-refractivity contribution is 0.589. The van der Waals surface area contributed by atoms with Gasteiger partial charge in [0, 0.05) is 23.5 Å². The first-order valence-electron chi connectivity index (χ1n) is 18.4. The summed E-state index contributed by atoms with van der Waals surface area (Å²) in [6, 6.07) is 64.2. The third-order valence-electron chi connectivity index (χ3n) is 10.8. The Morgan fingerprint density at radius 3 is 1.38 bits per heavy atom. The van der Waals surface area contributed by atoms with Crippen LogP contribution < -0.4 is 0 Å². The molecule has 1 aliphatic carbocycles. The highest BCUT2D eigenvalue weighted by Crippen LogP contribution is 2.57. The van der Waals surface area contributed by atoms with Crippen molar-refractivity contribution in [2.24, 2.45) is 0 Å². The molecule has 9 rings (SSSR count). The summed E-state index contributed by atoms with van der Waals surface area (Å²) in [5.41, 5.74) is 16.8. The maximum atomic E-state index is 5.01. The van der Waals surface area contributed by atoms with Gasteiger partial charge in [0.15, 0.2) is 0 Å². The molecule has 0 atom stereocenters. The van der Waals surface area contributed by atoms with Gasteiger partial charge in [-0.1, -0.05) is 136 Å². The lowest BCUT2D eigenvalue weighted by Gasteiger charge is -2.35. The van der Waals surface area contributed by atoms with Crippen LogP contribution in [0.3, 0.4) is 0 Å². The van der Waals surface area contributed by atoms with Crippen LogP contribution in [0.15, 0.2) is 188 Å². The average molecular weight is 681 g/mol. The molecular weight excluding hydrogens is 641 g/mol. The number of pyridine rings is 2. The Kier molecular flexibility index (Phi) is 7.97. The van der Waals surface area contributed by atoms with Crippen LogP contribution in [0.1, 0.15) is 48.6 Å². The number of fused-ring (bicyclic) bond motifs is 3. The molecule has 2 aromatic heterocycles. The van der Waals surface area contributed by atoms with Gasteiger partial charge in [-0.3, -0.25) is 9.97 Å². The highest BCUT2D eigenvalue weighted by molar-refractivity contribution is 5.89. The molecule has 0 saturated heterocycles. The Hall–Kier alpha value is -6.38. The van der Waals surface area contributed by atoms with E-state index in [0.29, 0.717) is 0 Å². The highest BCUT2D eigenvalue weighted by atomic mass is 14.7. The van der Waals surface area contributed by atoms with Gasteiger partial charge < -0.3 is 0 Å². The van der Waals surface area contributed by atoms with Crippen molar-refractivity contribution in [1.82, 2.24) is 9.97 Å². The largest absolute Gasteiger partial charge is 0.256 e. The predicted octanol–water partition coefficient (Wildman–Crippen LogP) is 12.8. The summed E-state index contributed by atoms with van der Waals surface area (Å²) in [7, 11) is 0. The summed E-state index contributed by atoms with van der Waals surface area (Å²) in [5, 5.41) is 0. The van der Waals surface area contributed by atoms with E-state index in [2.05, 4.69) is 191 Å². The van der Waals surface area contributed by atoms with Crippen molar-refractivity contribution in [3.63, 3.8) is 0 Å². The Morgan fingerprint density at radius 1 is 0.377 bits per heavy atom. The van der Waals surface area contributed by atoms with Gasteiger partial charge in [0.25, 0.3) is 0 Å². The Balaban J connectivity index is 1.42. The first kappa shape index (κ1) is 32.5. The number of nitrogens with zero attached hydrogens (tertiary/aromatic N) is 2. The Labute approximate surface area is 312 Å². The number of aromatic nitrogens is 2. The minimum atomic E-state index is -0.650. The van der Waals surface area contributed by atoms with Crippen molar-refractivity contribution < 1.29 is 0 Å². The van der Waals surface area contributed by atoms with Gasteiger partial charge in [0.05, 0.1) is 16.8 Å². The zero-order valence-electron chi connectivity index (χ0n) is 30.3. The molecule has 53 heavy (non-hydrogen) atoms. The molecule has 0 spiro atoms. The van der Waals surface area contributed by atoms with Gasteiger partial charge in [0.2, 0.25) is 0 Å². The van der Waals surface area contributed by atoms with Crippen LogP contribution >= 0.6 is 0 Å². The molecule has 2 nitrogen and oxygen atoms in total. The third kappa shape index (κ3) is 5.68. The first-order valence-corrected chi connectivity index (χ1v) is 18.4. The van der Waals surface area contributed by atoms with Crippen LogP contribution in [-0.2, 0) is 10.8 Å². The molecule has 0 unspecified atom stereocenters. The van der Waals surface area contributed by atoms with Crippen LogP contribution in [0, 0.1) is 0 Å². The minimum absolute atomic E-state index is 0.0120. The monoisotopic (exact) mass is 680 g/mol. The summed E-state index contributed by atoms with van der Waals surface area (Å²) in [6.45, 7) is 6.79. The molecule has 0 aliphatic heterocycles. The van der Waals surface area contributed by atoms with E-state index in [1.807, 2.05) is 18.5 Å². The SMILES string of the molecule is CC(C)(C)c1ccnc(-c2cc(-c3ccccc3)cc(C3(c4cc(-c5ccccc5)cc(-c5ccccn5)c4)c4ccccc4-c4ccccc43)c2)c1. The van der Waals surface area contributed by atoms with E-state index < -0.39 is 5.41 Å². The molecule has 1 aliphatic rings. The van der Waals surface area contributed by atoms with Crippen molar-refractivity contribution in [2.45, 2.75) is 31.6 Å². The first-order chi connectivity index (χ1) is 25.9. The lowest BCUT2D eigenvalue weighted by atomic mass is 9.66. The van der Waals surface area contributed by atoms with Crippen LogP contribution in [-0.4, -0.2) is 9.97 Å². The van der Waals surface area contributed by atoms with Gasteiger partial charge in [-0.15, -0.1) is 0 Å². The maximum absolute atomic E-state index is 5.01. The van der Waals surface area contributed by atoms with E-state index >= 15 is 0 Å². The normalized spacial score (nSPS) is 13.0. The third-order valence-corrected chi connectivity index (χ3v) is 10.8. The van der Waals surface area contributed by atoms with E-state index in [-0.39, 0.29) is 5.41 Å². The number of hydrogen-bond donors (Lipinski definition) is 0. The molecule has 6 aromatic carbocycles. The van der Waals surface area contributed by atoms with Gasteiger partial charge in [0.1, 0.15) is 0 Å². The molecule has 0 radical (unpaired) electrons. The molecule has 254 valence electrons. The van der Waals surface area contributed by atoms with Gasteiger partial charge in [-0.05, 0) is 127 Å². The number of hydrogen-bond acceptors (Lipinski definition) is 2. The summed E-state index contributed by atoms with van der Waals surface area (Å²) >= 11 is 0. The second kappa shape index (κ2) is 13.0. The topological polar surface area (TPSA) is 25.8 Å². The second-order valence-corrected chi connectivity index (χ2v) is 15.1. The molecule has 0 fully saturated rings. The fourth-order valence-corrected chi connectivity index (χ4v) is 8.19. The van der Waals surface area contributed by atoms with Gasteiger partial charge in [-0.2, -0.15) is 0 Å². The van der Waals surface area contributed by atoms with Gasteiger partial charge in [-0.25, -0.2) is 0 Å². The maximum Gasteiger partial charge on any atom is 0.0714 e. The van der Waals surface area contributed by atoms with E-state index in [1.54, 1.807) is 0 Å². The zero-order chi connectivity index (χ0) is 36.0. The predicted molar refractivity (Wildman–Crippen MR) is 220 cm³/mol. The van der Waals surface area contributed by atoms with E-state index in [0.717, 1.165) is 33.6 Å². The quantitative estimate of drug-likeness (QED) is 0.175. The molecular formula is C51H40N2. The second-order valence-electron chi connectivity index (χ2n) is 15.1. The van der Waals surface area contributed by atoms with Crippen LogP contribution in [0.25, 0.3) is 55.9 Å². The van der Waals surface area contributed by atoms with Crippen molar-refractivity contribution in [3.05, 3.63) is 216 Å². The van der Waals surface area contributed by atoms with Crippen LogP contribution in [0.2, 0.25) is 0 Å². The molecule has 0 saturated carbocycles. The van der Waals surface area contributed by atoms with Crippen molar-refractivity contribution in [3.8, 4) is 55.9 Å². The average Bonchev–Trinajstić information content (AvgIpc) is 3.52. The Morgan fingerprint density at radius 2 is 0.849 bits per heavy atom. The van der Waals surface area contributed by atoms with Gasteiger partial charge >= 0.3 is 0 Å². The lowest BCUT2D eigenvalue weighted by Crippen LogP contribution is -2.29. The highest BCUT2D eigenvalue weighted by Gasteiger charge is 2.46. The summed E-state index contributed by atoms with van der Waals surface area (Å²) in [4.78, 5) is 9.87. The molecule has 0 N–H and O–H groups in total. The molecule has 0 amide bonds. The van der Waals surface area contributed by atoms with E-state index in [1.165, 1.54) is 50.1 Å². The Bertz CT molecular complexity index is 2480. The van der Waals surface area contributed by atoms with Crippen molar-refractivity contribution in [2.75, 3.05) is 0 Å². The fourth-order valence-electron chi connectivity index (χ4n) is 8.19. The minimum Gasteiger partial charge on any atom is -0.256 e. The number of benzene rings is 6. The summed E-state index contributed by atoms with van der Waals surface area (Å²) < 4.78 is 0. The number of rotatable bonds is 6. The smallest absolute Gasteiger partial charge is 0.0714 e.